The Hall–Kier alpha value is -2.78. The normalized spacial score (nSPS) is 10.5. The molecule has 0 spiro atoms. The van der Waals surface area contributed by atoms with E-state index in [0.29, 0.717) is 31.8 Å². The van der Waals surface area contributed by atoms with Crippen molar-refractivity contribution in [1.82, 2.24) is 9.88 Å². The molecular weight excluding hydrogens is 374 g/mol. The van der Waals surface area contributed by atoms with Gasteiger partial charge in [0.2, 0.25) is 0 Å². The van der Waals surface area contributed by atoms with Crippen molar-refractivity contribution in [3.8, 4) is 17.2 Å². The number of aromatic nitrogens is 1. The summed E-state index contributed by atoms with van der Waals surface area (Å²) < 4.78 is 17.9. The van der Waals surface area contributed by atoms with E-state index in [1.807, 2.05) is 0 Å². The number of rotatable bonds is 6. The van der Waals surface area contributed by atoms with Crippen LogP contribution < -0.4 is 20.5 Å². The molecule has 3 rings (SSSR count). The van der Waals surface area contributed by atoms with Crippen molar-refractivity contribution in [3.63, 3.8) is 0 Å². The van der Waals surface area contributed by atoms with Gasteiger partial charge in [0.15, 0.2) is 3.95 Å². The molecular formula is C17H17N3O4S2. The molecule has 3 N–H and O–H groups in total. The first-order chi connectivity index (χ1) is 12.5. The fourth-order valence-electron chi connectivity index (χ4n) is 2.41. The van der Waals surface area contributed by atoms with E-state index in [2.05, 4.69) is 5.32 Å². The van der Waals surface area contributed by atoms with Crippen LogP contribution in [0, 0.1) is 3.95 Å². The summed E-state index contributed by atoms with van der Waals surface area (Å²) in [6.45, 7) is 0.266. The van der Waals surface area contributed by atoms with Crippen LogP contribution in [0.5, 0.6) is 11.5 Å². The lowest BCUT2D eigenvalue weighted by molar-refractivity contribution is 0.0952. The minimum Gasteiger partial charge on any atom is -0.497 e. The number of methoxy groups -OCH3 is 2. The number of carbonyl (C=O) groups is 1. The summed E-state index contributed by atoms with van der Waals surface area (Å²) in [7, 11) is 3.11. The third kappa shape index (κ3) is 3.44. The highest BCUT2D eigenvalue weighted by Crippen LogP contribution is 2.33. The summed E-state index contributed by atoms with van der Waals surface area (Å²) in [6.07, 6.45) is 1.55. The molecule has 2 aromatic heterocycles. The monoisotopic (exact) mass is 391 g/mol. The molecule has 0 unspecified atom stereocenters. The van der Waals surface area contributed by atoms with E-state index in [4.69, 9.17) is 31.8 Å². The maximum Gasteiger partial charge on any atom is 0.265 e. The van der Waals surface area contributed by atoms with Gasteiger partial charge in [-0.2, -0.15) is 0 Å². The molecule has 0 aliphatic rings. The Morgan fingerprint density at radius 1 is 1.35 bits per heavy atom. The van der Waals surface area contributed by atoms with Crippen LogP contribution in [0.15, 0.2) is 41.0 Å². The maximum atomic E-state index is 12.5. The first kappa shape index (κ1) is 18.0. The number of thiazole rings is 1. The number of amides is 1. The number of hydrogen-bond donors (Lipinski definition) is 2. The second-order valence-electron chi connectivity index (χ2n) is 5.22. The molecule has 0 saturated carbocycles. The minimum atomic E-state index is -0.318. The molecule has 0 saturated heterocycles. The van der Waals surface area contributed by atoms with Crippen molar-refractivity contribution in [1.29, 1.82) is 0 Å². The average Bonchev–Trinajstić information content (AvgIpc) is 3.27. The van der Waals surface area contributed by atoms with Crippen LogP contribution in [0.1, 0.15) is 15.4 Å². The van der Waals surface area contributed by atoms with Gasteiger partial charge in [0.1, 0.15) is 28.0 Å². The van der Waals surface area contributed by atoms with Gasteiger partial charge in [0.25, 0.3) is 5.91 Å². The molecule has 0 radical (unpaired) electrons. The Morgan fingerprint density at radius 3 is 2.81 bits per heavy atom. The zero-order chi connectivity index (χ0) is 18.7. The van der Waals surface area contributed by atoms with Gasteiger partial charge in [-0.15, -0.1) is 0 Å². The van der Waals surface area contributed by atoms with E-state index < -0.39 is 0 Å². The second-order valence-corrected chi connectivity index (χ2v) is 6.86. The SMILES string of the molecule is COc1ccc(-n2c(N)c(C(=O)NCc3ccco3)sc2=S)c(OC)c1. The summed E-state index contributed by atoms with van der Waals surface area (Å²) in [5, 5.41) is 2.77. The summed E-state index contributed by atoms with van der Waals surface area (Å²) in [4.78, 5) is 12.8. The van der Waals surface area contributed by atoms with Crippen molar-refractivity contribution in [3.05, 3.63) is 51.2 Å². The van der Waals surface area contributed by atoms with Crippen LogP contribution in [0.2, 0.25) is 0 Å². The minimum absolute atomic E-state index is 0.250. The van der Waals surface area contributed by atoms with E-state index in [9.17, 15) is 4.79 Å². The number of ether oxygens (including phenoxy) is 2. The highest BCUT2D eigenvalue weighted by Gasteiger charge is 2.20. The van der Waals surface area contributed by atoms with Gasteiger partial charge in [0.05, 0.1) is 32.7 Å². The van der Waals surface area contributed by atoms with Gasteiger partial charge in [-0.1, -0.05) is 11.3 Å². The van der Waals surface area contributed by atoms with Gasteiger partial charge in [0, 0.05) is 6.07 Å². The topological polar surface area (TPSA) is 91.7 Å². The van der Waals surface area contributed by atoms with Gasteiger partial charge >= 0.3 is 0 Å². The highest BCUT2D eigenvalue weighted by molar-refractivity contribution is 7.73. The Morgan fingerprint density at radius 2 is 2.15 bits per heavy atom. The Kier molecular flexibility index (Phi) is 5.29. The number of carbonyl (C=O) groups excluding carboxylic acids is 1. The molecule has 0 bridgehead atoms. The average molecular weight is 391 g/mol. The first-order valence-electron chi connectivity index (χ1n) is 7.59. The predicted molar refractivity (Wildman–Crippen MR) is 102 cm³/mol. The third-order valence-corrected chi connectivity index (χ3v) is 5.07. The molecule has 0 aliphatic carbocycles. The molecule has 0 atom stereocenters. The van der Waals surface area contributed by atoms with Crippen molar-refractivity contribution < 1.29 is 18.7 Å². The van der Waals surface area contributed by atoms with Crippen LogP contribution in [0.3, 0.4) is 0 Å². The first-order valence-corrected chi connectivity index (χ1v) is 8.82. The molecule has 1 amide bonds. The van der Waals surface area contributed by atoms with Crippen LogP contribution in [-0.4, -0.2) is 24.7 Å². The van der Waals surface area contributed by atoms with Crippen molar-refractivity contribution >= 4 is 35.3 Å². The summed E-state index contributed by atoms with van der Waals surface area (Å²) in [5.41, 5.74) is 6.85. The zero-order valence-electron chi connectivity index (χ0n) is 14.1. The Balaban J connectivity index is 1.93. The molecule has 9 heteroatoms. The lowest BCUT2D eigenvalue weighted by Crippen LogP contribution is -2.22. The van der Waals surface area contributed by atoms with Crippen LogP contribution in [0.4, 0.5) is 5.82 Å². The number of benzene rings is 1. The van der Waals surface area contributed by atoms with Gasteiger partial charge in [-0.05, 0) is 36.5 Å². The maximum absolute atomic E-state index is 12.5. The van der Waals surface area contributed by atoms with Crippen molar-refractivity contribution in [2.24, 2.45) is 0 Å². The third-order valence-electron chi connectivity index (χ3n) is 3.68. The number of nitrogens with zero attached hydrogens (tertiary/aromatic N) is 1. The molecule has 3 aromatic rings. The highest BCUT2D eigenvalue weighted by atomic mass is 32.1. The number of anilines is 1. The molecule has 136 valence electrons. The quantitative estimate of drug-likeness (QED) is 0.626. The Bertz CT molecular complexity index is 977. The number of nitrogens with one attached hydrogen (secondary N) is 1. The molecule has 0 aliphatic heterocycles. The van der Waals surface area contributed by atoms with E-state index in [1.165, 1.54) is 0 Å². The fraction of sp³-hybridized carbons (Fsp3) is 0.176. The standard InChI is InChI=1S/C17H17N3O4S2/c1-22-10-5-6-12(13(8-10)23-2)20-15(18)14(26-17(20)25)16(21)19-9-11-4-3-7-24-11/h3-8H,9,18H2,1-2H3,(H,19,21). The van der Waals surface area contributed by atoms with Gasteiger partial charge in [-0.3, -0.25) is 9.36 Å². The van der Waals surface area contributed by atoms with Crippen molar-refractivity contribution in [2.45, 2.75) is 6.54 Å². The molecule has 0 fully saturated rings. The summed E-state index contributed by atoms with van der Waals surface area (Å²) >= 11 is 6.54. The molecule has 1 aromatic carbocycles. The van der Waals surface area contributed by atoms with Crippen LogP contribution in [-0.2, 0) is 6.54 Å². The summed E-state index contributed by atoms with van der Waals surface area (Å²) in [6, 6.07) is 8.81. The lowest BCUT2D eigenvalue weighted by Gasteiger charge is -2.12. The summed E-state index contributed by atoms with van der Waals surface area (Å²) in [5.74, 6) is 1.76. The molecule has 2 heterocycles. The molecule has 26 heavy (non-hydrogen) atoms. The second kappa shape index (κ2) is 7.63. The van der Waals surface area contributed by atoms with Crippen LogP contribution in [0.25, 0.3) is 5.69 Å². The predicted octanol–water partition coefficient (Wildman–Crippen LogP) is 3.39. The van der Waals surface area contributed by atoms with E-state index in [0.717, 1.165) is 11.3 Å². The number of furan rings is 1. The van der Waals surface area contributed by atoms with Crippen LogP contribution >= 0.6 is 23.6 Å². The zero-order valence-corrected chi connectivity index (χ0v) is 15.8. The smallest absolute Gasteiger partial charge is 0.265 e. The van der Waals surface area contributed by atoms with Gasteiger partial charge in [-0.25, -0.2) is 0 Å². The molecule has 7 nitrogen and oxygen atoms in total. The van der Waals surface area contributed by atoms with E-state index >= 15 is 0 Å². The largest absolute Gasteiger partial charge is 0.497 e. The number of nitrogen functional groups attached to an aromatic ring is 1. The number of nitrogens with two attached hydrogens (primary N) is 1. The van der Waals surface area contributed by atoms with Gasteiger partial charge < -0.3 is 24.9 Å². The fourth-order valence-corrected chi connectivity index (χ4v) is 3.68. The lowest BCUT2D eigenvalue weighted by atomic mass is 10.2. The Labute approximate surface area is 159 Å². The van der Waals surface area contributed by atoms with E-state index in [-0.39, 0.29) is 18.3 Å². The number of hydrogen-bond acceptors (Lipinski definition) is 7. The van der Waals surface area contributed by atoms with E-state index in [1.54, 1.807) is 55.4 Å². The van der Waals surface area contributed by atoms with Crippen molar-refractivity contribution in [2.75, 3.05) is 20.0 Å².